The van der Waals surface area contributed by atoms with Gasteiger partial charge in [0.15, 0.2) is 0 Å². The van der Waals surface area contributed by atoms with Gasteiger partial charge < -0.3 is 5.32 Å². The lowest BCUT2D eigenvalue weighted by atomic mass is 10.1. The predicted molar refractivity (Wildman–Crippen MR) is 89.9 cm³/mol. The fourth-order valence-electron chi connectivity index (χ4n) is 2.54. The van der Waals surface area contributed by atoms with Gasteiger partial charge in [-0.3, -0.25) is 9.59 Å². The zero-order chi connectivity index (χ0) is 18.0. The Labute approximate surface area is 144 Å². The van der Waals surface area contributed by atoms with Gasteiger partial charge in [0.05, 0.1) is 11.4 Å². The number of hydrogen-bond donors (Lipinski definition) is 1. The van der Waals surface area contributed by atoms with Crippen molar-refractivity contribution in [3.8, 4) is 0 Å². The van der Waals surface area contributed by atoms with E-state index in [2.05, 4.69) is 5.32 Å². The highest BCUT2D eigenvalue weighted by molar-refractivity contribution is 7.94. The maximum atomic E-state index is 13.5. The van der Waals surface area contributed by atoms with Gasteiger partial charge in [-0.2, -0.15) is 0 Å². The first-order chi connectivity index (χ1) is 11.9. The van der Waals surface area contributed by atoms with Crippen LogP contribution in [0.4, 0.5) is 10.1 Å². The van der Waals surface area contributed by atoms with Crippen LogP contribution in [0.25, 0.3) is 0 Å². The largest absolute Gasteiger partial charge is 0.348 e. The number of carbonyl (C=O) groups is 2. The highest BCUT2D eigenvalue weighted by Crippen LogP contribution is 2.25. The second-order valence-electron chi connectivity index (χ2n) is 5.55. The molecule has 3 rings (SSSR count). The van der Waals surface area contributed by atoms with Crippen LogP contribution in [-0.4, -0.2) is 26.0 Å². The second-order valence-corrected chi connectivity index (χ2v) is 7.48. The van der Waals surface area contributed by atoms with Crippen LogP contribution in [0.3, 0.4) is 0 Å². The Morgan fingerprint density at radius 1 is 1.12 bits per heavy atom. The Morgan fingerprint density at radius 3 is 2.40 bits per heavy atom. The number of nitrogens with one attached hydrogen (secondary N) is 1. The van der Waals surface area contributed by atoms with Crippen LogP contribution in [-0.2, 0) is 21.4 Å². The molecule has 6 nitrogen and oxygen atoms in total. The second kappa shape index (κ2) is 6.64. The SMILES string of the molecule is O=C(NCc1ccccc1F)c1ccc(N2C(=O)CCS2(=O)=O)cc1. The summed E-state index contributed by atoms with van der Waals surface area (Å²) in [4.78, 5) is 23.9. The van der Waals surface area contributed by atoms with E-state index in [0.717, 1.165) is 4.31 Å². The van der Waals surface area contributed by atoms with Gasteiger partial charge in [-0.25, -0.2) is 17.1 Å². The van der Waals surface area contributed by atoms with Crippen LogP contribution in [0, 0.1) is 5.82 Å². The highest BCUT2D eigenvalue weighted by Gasteiger charge is 2.36. The van der Waals surface area contributed by atoms with Crippen LogP contribution in [0.2, 0.25) is 0 Å². The van der Waals surface area contributed by atoms with Gasteiger partial charge in [-0.15, -0.1) is 0 Å². The molecule has 0 aromatic heterocycles. The third-order valence-electron chi connectivity index (χ3n) is 3.84. The van der Waals surface area contributed by atoms with Crippen molar-refractivity contribution < 1.29 is 22.4 Å². The van der Waals surface area contributed by atoms with Crippen molar-refractivity contribution in [3.05, 3.63) is 65.5 Å². The molecule has 25 heavy (non-hydrogen) atoms. The maximum absolute atomic E-state index is 13.5. The summed E-state index contributed by atoms with van der Waals surface area (Å²) < 4.78 is 38.0. The van der Waals surface area contributed by atoms with E-state index < -0.39 is 27.7 Å². The lowest BCUT2D eigenvalue weighted by Crippen LogP contribution is -2.29. The van der Waals surface area contributed by atoms with E-state index in [9.17, 15) is 22.4 Å². The van der Waals surface area contributed by atoms with Crippen molar-refractivity contribution >= 4 is 27.5 Å². The monoisotopic (exact) mass is 362 g/mol. The van der Waals surface area contributed by atoms with Crippen molar-refractivity contribution in [2.75, 3.05) is 10.1 Å². The van der Waals surface area contributed by atoms with Gasteiger partial charge in [-0.1, -0.05) is 18.2 Å². The van der Waals surface area contributed by atoms with Gasteiger partial charge in [0, 0.05) is 24.1 Å². The van der Waals surface area contributed by atoms with E-state index in [1.807, 2.05) is 0 Å². The summed E-state index contributed by atoms with van der Waals surface area (Å²) in [5.41, 5.74) is 0.846. The fraction of sp³-hybridized carbons (Fsp3) is 0.176. The molecule has 0 spiro atoms. The van der Waals surface area contributed by atoms with Gasteiger partial charge in [0.1, 0.15) is 5.82 Å². The Kier molecular flexibility index (Phi) is 4.54. The minimum absolute atomic E-state index is 0.0340. The normalized spacial score (nSPS) is 16.0. The molecule has 2 aromatic rings. The topological polar surface area (TPSA) is 83.6 Å². The number of hydrogen-bond acceptors (Lipinski definition) is 4. The Hall–Kier alpha value is -2.74. The van der Waals surface area contributed by atoms with Crippen LogP contribution >= 0.6 is 0 Å². The molecule has 2 aromatic carbocycles. The molecule has 2 amide bonds. The number of rotatable bonds is 4. The summed E-state index contributed by atoms with van der Waals surface area (Å²) in [6, 6.07) is 11.8. The molecule has 1 fully saturated rings. The molecule has 0 unspecified atom stereocenters. The average Bonchev–Trinajstić information content (AvgIpc) is 2.87. The zero-order valence-electron chi connectivity index (χ0n) is 13.1. The number of benzene rings is 2. The van der Waals surface area contributed by atoms with Crippen LogP contribution in [0.15, 0.2) is 48.5 Å². The van der Waals surface area contributed by atoms with Crippen molar-refractivity contribution in [2.45, 2.75) is 13.0 Å². The summed E-state index contributed by atoms with van der Waals surface area (Å²) in [5.74, 6) is -1.53. The molecule has 1 heterocycles. The number of carbonyl (C=O) groups excluding carboxylic acids is 2. The van der Waals surface area contributed by atoms with Gasteiger partial charge in [-0.05, 0) is 30.3 Å². The summed E-state index contributed by atoms with van der Waals surface area (Å²) in [7, 11) is -3.63. The molecule has 1 saturated heterocycles. The molecule has 0 atom stereocenters. The van der Waals surface area contributed by atoms with Gasteiger partial charge >= 0.3 is 0 Å². The number of halogens is 1. The van der Waals surface area contributed by atoms with Gasteiger partial charge in [0.25, 0.3) is 5.91 Å². The molecule has 1 N–H and O–H groups in total. The third-order valence-corrected chi connectivity index (χ3v) is 5.53. The minimum atomic E-state index is -3.63. The number of anilines is 1. The summed E-state index contributed by atoms with van der Waals surface area (Å²) in [6.07, 6.45) is -0.0484. The van der Waals surface area contributed by atoms with Crippen molar-refractivity contribution in [2.24, 2.45) is 0 Å². The van der Waals surface area contributed by atoms with E-state index in [1.165, 1.54) is 30.3 Å². The first-order valence-corrected chi connectivity index (χ1v) is 9.17. The Bertz CT molecular complexity index is 926. The lowest BCUT2D eigenvalue weighted by molar-refractivity contribution is -0.116. The molecular formula is C17H15FN2O4S. The first-order valence-electron chi connectivity index (χ1n) is 7.56. The zero-order valence-corrected chi connectivity index (χ0v) is 13.9. The Morgan fingerprint density at radius 2 is 1.80 bits per heavy atom. The molecule has 1 aliphatic heterocycles. The van der Waals surface area contributed by atoms with E-state index in [0.29, 0.717) is 5.56 Å². The van der Waals surface area contributed by atoms with Crippen molar-refractivity contribution in [1.29, 1.82) is 0 Å². The van der Waals surface area contributed by atoms with E-state index in [-0.39, 0.29) is 30.0 Å². The third kappa shape index (κ3) is 3.53. The smallest absolute Gasteiger partial charge is 0.251 e. The summed E-state index contributed by atoms with van der Waals surface area (Å²) in [6.45, 7) is 0.0340. The van der Waals surface area contributed by atoms with E-state index in [4.69, 9.17) is 0 Å². The number of amides is 2. The van der Waals surface area contributed by atoms with Crippen LogP contribution in [0.5, 0.6) is 0 Å². The molecule has 8 heteroatoms. The van der Waals surface area contributed by atoms with Crippen molar-refractivity contribution in [1.82, 2.24) is 5.32 Å². The number of sulfonamides is 1. The van der Waals surface area contributed by atoms with Gasteiger partial charge in [0.2, 0.25) is 15.9 Å². The molecular weight excluding hydrogens is 347 g/mol. The quantitative estimate of drug-likeness (QED) is 0.899. The molecule has 0 saturated carbocycles. The first kappa shape index (κ1) is 17.1. The number of nitrogens with zero attached hydrogens (tertiary/aromatic N) is 1. The standard InChI is InChI=1S/C17H15FN2O4S/c18-15-4-2-1-3-13(15)11-19-17(22)12-5-7-14(8-6-12)20-16(21)9-10-25(20,23)24/h1-8H,9-11H2,(H,19,22). The predicted octanol–water partition coefficient (Wildman–Crippen LogP) is 1.82. The lowest BCUT2D eigenvalue weighted by Gasteiger charge is -2.15. The molecule has 0 bridgehead atoms. The summed E-state index contributed by atoms with van der Waals surface area (Å²) in [5, 5.41) is 2.59. The minimum Gasteiger partial charge on any atom is -0.348 e. The van der Waals surface area contributed by atoms with E-state index >= 15 is 0 Å². The highest BCUT2D eigenvalue weighted by atomic mass is 32.2. The summed E-state index contributed by atoms with van der Waals surface area (Å²) >= 11 is 0. The van der Waals surface area contributed by atoms with Crippen molar-refractivity contribution in [3.63, 3.8) is 0 Å². The fourth-order valence-corrected chi connectivity index (χ4v) is 4.00. The molecule has 130 valence electrons. The molecule has 0 aliphatic carbocycles. The Balaban J connectivity index is 1.71. The van der Waals surface area contributed by atoms with E-state index in [1.54, 1.807) is 18.2 Å². The van der Waals surface area contributed by atoms with Crippen LogP contribution < -0.4 is 9.62 Å². The maximum Gasteiger partial charge on any atom is 0.251 e. The molecule has 1 aliphatic rings. The molecule has 0 radical (unpaired) electrons. The average molecular weight is 362 g/mol. The van der Waals surface area contributed by atoms with Crippen LogP contribution in [0.1, 0.15) is 22.3 Å².